The Morgan fingerprint density at radius 2 is 1.01 bits per heavy atom. The lowest BCUT2D eigenvalue weighted by Crippen LogP contribution is -2.10. The predicted molar refractivity (Wildman–Crippen MR) is 299 cm³/mol. The molecule has 0 aliphatic rings. The number of H-pyrrole nitrogens is 1. The van der Waals surface area contributed by atoms with Crippen LogP contribution in [0.3, 0.4) is 0 Å². The van der Waals surface area contributed by atoms with E-state index in [1.54, 1.807) is 97.7 Å². The van der Waals surface area contributed by atoms with E-state index in [4.69, 9.17) is 37.8 Å². The topological polar surface area (TPSA) is 300 Å². The van der Waals surface area contributed by atoms with Crippen molar-refractivity contribution >= 4 is 134 Å². The number of esters is 2. The van der Waals surface area contributed by atoms with Gasteiger partial charge in [-0.05, 0) is 95.8 Å². The molecule has 2 N–H and O–H groups in total. The summed E-state index contributed by atoms with van der Waals surface area (Å²) < 4.78 is 13.3. The first kappa shape index (κ1) is 55.8. The summed E-state index contributed by atoms with van der Waals surface area (Å²) in [6, 6.07) is 27.5. The molecule has 0 atom stereocenters. The van der Waals surface area contributed by atoms with E-state index in [0.29, 0.717) is 77.2 Å². The van der Waals surface area contributed by atoms with E-state index in [1.165, 1.54) is 51.5 Å². The van der Waals surface area contributed by atoms with Crippen molar-refractivity contribution in [1.82, 2.24) is 9.55 Å². The Balaban J connectivity index is 0.000000176. The average molecular weight is 1150 g/mol. The number of carbonyl (C=O) groups excluding carboxylic acids is 3. The SMILES string of the molecule is CCOC(=O)Cc1c[nH]c2cc(-c3cc([N+](=O)[O-])cc([N+](=O)[O-])c3)ccc12.CCOC(=O)Cc1cn(C(=O)c2csc3ccc(Cl)cc23)c2cc(-c3cc([N+](=O)[O-])cc([N+](=O)[O-])c3)ccc12.O=C(O)c1csc2ccc(Cl)cc12. The number of nitrogens with zero attached hydrogens (tertiary/aromatic N) is 5. The first-order valence-corrected chi connectivity index (χ1v) is 25.8. The van der Waals surface area contributed by atoms with Crippen LogP contribution in [0.1, 0.15) is 45.7 Å². The van der Waals surface area contributed by atoms with Crippen molar-refractivity contribution in [3.05, 3.63) is 205 Å². The number of hydrogen-bond acceptors (Lipinski definition) is 16. The standard InChI is InChI=1S/C27H18ClN3O7S.C18H15N3O6.C9H5ClO2S/c1-2-38-26(32)10-17-13-29(27(33)23-14-39-25-6-4-18(28)11-22(23)25)24-9-15(3-5-21(17)24)16-7-19(30(34)35)12-20(8-16)31(36)37;1-2-27-18(22)8-13-10-19-17-7-11(3-4-16(13)17)12-5-14(20(23)24)9-15(6-12)21(25)26;10-5-1-2-8-6(3-5)7(4-13-8)9(11)12/h3-9,11-14H,2,10H2,1H3;3-7,9-10,19H,2,8H2,1H3;1-4H,(H,11,12). The third-order valence-corrected chi connectivity index (χ3v) is 14.4. The summed E-state index contributed by atoms with van der Waals surface area (Å²) in [6.07, 6.45) is 3.30. The molecule has 400 valence electrons. The van der Waals surface area contributed by atoms with Gasteiger partial charge in [-0.1, -0.05) is 47.5 Å². The number of nitro benzene ring substituents is 4. The van der Waals surface area contributed by atoms with Crippen LogP contribution in [-0.2, 0) is 31.9 Å². The van der Waals surface area contributed by atoms with E-state index in [0.717, 1.165) is 32.5 Å². The summed E-state index contributed by atoms with van der Waals surface area (Å²) in [6.45, 7) is 3.93. The summed E-state index contributed by atoms with van der Waals surface area (Å²) in [7, 11) is 0. The lowest BCUT2D eigenvalue weighted by Gasteiger charge is -2.07. The molecule has 79 heavy (non-hydrogen) atoms. The molecule has 0 bridgehead atoms. The van der Waals surface area contributed by atoms with Gasteiger partial charge in [0.15, 0.2) is 0 Å². The minimum absolute atomic E-state index is 0.0809. The number of nitro groups is 4. The Morgan fingerprint density at radius 1 is 0.557 bits per heavy atom. The average Bonchev–Trinajstić information content (AvgIpc) is 4.31. The maximum atomic E-state index is 13.8. The third-order valence-electron chi connectivity index (χ3n) is 12.0. The van der Waals surface area contributed by atoms with Gasteiger partial charge in [0.1, 0.15) is 0 Å². The Hall–Kier alpha value is -9.42. The Labute approximate surface area is 462 Å². The normalized spacial score (nSPS) is 10.9. The van der Waals surface area contributed by atoms with Gasteiger partial charge in [-0.15, -0.1) is 22.7 Å². The Bertz CT molecular complexity index is 4060. The lowest BCUT2D eigenvalue weighted by atomic mass is 10.0. The quantitative estimate of drug-likeness (QED) is 0.0581. The lowest BCUT2D eigenvalue weighted by molar-refractivity contribution is -0.394. The molecular formula is C54H38Cl2N6O15S2. The van der Waals surface area contributed by atoms with Crippen LogP contribution in [0.2, 0.25) is 10.0 Å². The van der Waals surface area contributed by atoms with Crippen molar-refractivity contribution < 1.29 is 53.5 Å². The molecule has 4 aromatic heterocycles. The smallest absolute Gasteiger partial charge is 0.337 e. The number of aromatic carboxylic acids is 1. The van der Waals surface area contributed by atoms with Gasteiger partial charge in [-0.25, -0.2) is 4.79 Å². The zero-order valence-corrected chi connectivity index (χ0v) is 44.1. The van der Waals surface area contributed by atoms with E-state index in [2.05, 4.69) is 4.98 Å². The Morgan fingerprint density at radius 3 is 1.49 bits per heavy atom. The number of carboxylic acid groups (broad SMARTS) is 1. The zero-order valence-electron chi connectivity index (χ0n) is 41.0. The predicted octanol–water partition coefficient (Wildman–Crippen LogP) is 13.8. The first-order valence-electron chi connectivity index (χ1n) is 23.3. The summed E-state index contributed by atoms with van der Waals surface area (Å²) in [5.41, 5.74) is 3.20. The molecule has 25 heteroatoms. The fourth-order valence-electron chi connectivity index (χ4n) is 8.44. The van der Waals surface area contributed by atoms with Crippen molar-refractivity contribution in [3.8, 4) is 22.3 Å². The van der Waals surface area contributed by atoms with Crippen molar-refractivity contribution in [2.24, 2.45) is 0 Å². The molecule has 0 spiro atoms. The van der Waals surface area contributed by atoms with Crippen LogP contribution >= 0.6 is 45.9 Å². The summed E-state index contributed by atoms with van der Waals surface area (Å²) >= 11 is 14.7. The van der Waals surface area contributed by atoms with Crippen molar-refractivity contribution in [1.29, 1.82) is 0 Å². The van der Waals surface area contributed by atoms with Crippen LogP contribution in [0.25, 0.3) is 64.2 Å². The molecule has 10 rings (SSSR count). The molecule has 21 nitrogen and oxygen atoms in total. The molecule has 6 aromatic carbocycles. The van der Waals surface area contributed by atoms with Crippen molar-refractivity contribution in [2.75, 3.05) is 13.2 Å². The Kier molecular flexibility index (Phi) is 16.9. The molecular weight excluding hydrogens is 1110 g/mol. The molecule has 0 saturated heterocycles. The molecule has 10 aromatic rings. The van der Waals surface area contributed by atoms with Crippen molar-refractivity contribution in [2.45, 2.75) is 26.7 Å². The zero-order chi connectivity index (χ0) is 56.8. The molecule has 0 fully saturated rings. The number of aromatic nitrogens is 2. The number of rotatable bonds is 14. The highest BCUT2D eigenvalue weighted by atomic mass is 35.5. The number of carboxylic acids is 1. The number of thiophene rings is 2. The van der Waals surface area contributed by atoms with Crippen LogP contribution in [0.5, 0.6) is 0 Å². The summed E-state index contributed by atoms with van der Waals surface area (Å²) in [5.74, 6) is -2.08. The highest BCUT2D eigenvalue weighted by Crippen LogP contribution is 2.37. The minimum Gasteiger partial charge on any atom is -0.478 e. The highest BCUT2D eigenvalue weighted by Gasteiger charge is 2.24. The van der Waals surface area contributed by atoms with E-state index in [1.807, 2.05) is 12.1 Å². The fraction of sp³-hybridized carbons (Fsp3) is 0.111. The molecule has 4 heterocycles. The van der Waals surface area contributed by atoms with E-state index >= 15 is 0 Å². The van der Waals surface area contributed by atoms with Gasteiger partial charge in [0.25, 0.3) is 28.7 Å². The van der Waals surface area contributed by atoms with Crippen LogP contribution in [0.4, 0.5) is 22.7 Å². The maximum Gasteiger partial charge on any atom is 0.337 e. The number of benzene rings is 6. The van der Waals surface area contributed by atoms with Gasteiger partial charge in [-0.3, -0.25) is 59.4 Å². The number of nitrogens with one attached hydrogen (secondary N) is 1. The van der Waals surface area contributed by atoms with Crippen LogP contribution in [-0.4, -0.2) is 71.4 Å². The van der Waals surface area contributed by atoms with Gasteiger partial charge in [0, 0.05) is 93.9 Å². The second kappa shape index (κ2) is 23.9. The number of hydrogen-bond donors (Lipinski definition) is 2. The molecule has 0 amide bonds. The number of halogens is 2. The third kappa shape index (κ3) is 12.6. The number of carbonyl (C=O) groups is 4. The van der Waals surface area contributed by atoms with Crippen LogP contribution in [0, 0.1) is 40.5 Å². The van der Waals surface area contributed by atoms with Crippen molar-refractivity contribution in [3.63, 3.8) is 0 Å². The summed E-state index contributed by atoms with van der Waals surface area (Å²) in [4.78, 5) is 93.9. The number of non-ortho nitro benzene ring substituents is 4. The van der Waals surface area contributed by atoms with Crippen LogP contribution < -0.4 is 0 Å². The molecule has 0 saturated carbocycles. The highest BCUT2D eigenvalue weighted by molar-refractivity contribution is 7.18. The maximum absolute atomic E-state index is 13.8. The monoisotopic (exact) mass is 1140 g/mol. The molecule has 0 radical (unpaired) electrons. The van der Waals surface area contributed by atoms with E-state index in [9.17, 15) is 59.6 Å². The van der Waals surface area contributed by atoms with Gasteiger partial charge < -0.3 is 19.6 Å². The van der Waals surface area contributed by atoms with E-state index in [-0.39, 0.29) is 48.3 Å². The van der Waals surface area contributed by atoms with Gasteiger partial charge in [-0.2, -0.15) is 0 Å². The van der Waals surface area contributed by atoms with Crippen LogP contribution in [0.15, 0.2) is 132 Å². The largest absolute Gasteiger partial charge is 0.478 e. The van der Waals surface area contributed by atoms with E-state index < -0.39 is 43.0 Å². The minimum atomic E-state index is -0.909. The molecule has 0 aliphatic heterocycles. The fourth-order valence-corrected chi connectivity index (χ4v) is 10.6. The second-order valence-electron chi connectivity index (χ2n) is 17.0. The number of aromatic amines is 1. The molecule has 0 unspecified atom stereocenters. The molecule has 0 aliphatic carbocycles. The van der Waals surface area contributed by atoms with Gasteiger partial charge in [0.05, 0.1) is 74.5 Å². The first-order chi connectivity index (χ1) is 37.7. The summed E-state index contributed by atoms with van der Waals surface area (Å²) in [5, 5.41) is 61.0. The van der Waals surface area contributed by atoms with Gasteiger partial charge >= 0.3 is 17.9 Å². The van der Waals surface area contributed by atoms with Gasteiger partial charge in [0.2, 0.25) is 0 Å². The second-order valence-corrected chi connectivity index (χ2v) is 19.7. The number of fused-ring (bicyclic) bond motifs is 4. The number of ether oxygens (including phenoxy) is 2.